The summed E-state index contributed by atoms with van der Waals surface area (Å²) in [5.74, 6) is 0. The molecule has 0 saturated heterocycles. The second-order valence-corrected chi connectivity index (χ2v) is 4.57. The zero-order valence-corrected chi connectivity index (χ0v) is 9.42. The Morgan fingerprint density at radius 2 is 1.93 bits per heavy atom. The molecule has 1 aromatic carbocycles. The maximum Gasteiger partial charge on any atom is 0.120 e. The fourth-order valence-electron chi connectivity index (χ4n) is 1.89. The Balaban J connectivity index is 3.12. The van der Waals surface area contributed by atoms with Crippen molar-refractivity contribution in [3.8, 4) is 0 Å². The van der Waals surface area contributed by atoms with E-state index in [0.717, 1.165) is 6.29 Å². The number of carbonyl (C=O) groups is 1. The maximum absolute atomic E-state index is 10.6. The van der Waals surface area contributed by atoms with E-state index < -0.39 is 0 Å². The molecule has 0 aliphatic carbocycles. The van der Waals surface area contributed by atoms with Crippen molar-refractivity contribution in [1.82, 2.24) is 0 Å². The van der Waals surface area contributed by atoms with E-state index in [1.807, 2.05) is 0 Å². The molecule has 0 bridgehead atoms. The zero-order valence-electron chi connectivity index (χ0n) is 9.42. The molecule has 0 atom stereocenters. The minimum absolute atomic E-state index is 0.0421. The lowest BCUT2D eigenvalue weighted by atomic mass is 9.79. The van der Waals surface area contributed by atoms with Crippen LogP contribution in [0.4, 0.5) is 0 Å². The average molecular weight is 190 g/mol. The highest BCUT2D eigenvalue weighted by molar-refractivity contribution is 5.54. The van der Waals surface area contributed by atoms with Crippen molar-refractivity contribution >= 4 is 6.29 Å². The lowest BCUT2D eigenvalue weighted by Gasteiger charge is -2.24. The Bertz CT molecular complexity index is 337. The van der Waals surface area contributed by atoms with Gasteiger partial charge in [-0.3, -0.25) is 0 Å². The summed E-state index contributed by atoms with van der Waals surface area (Å²) in [4.78, 5) is 10.6. The molecule has 0 aromatic heterocycles. The van der Waals surface area contributed by atoms with E-state index in [2.05, 4.69) is 45.9 Å². The van der Waals surface area contributed by atoms with Gasteiger partial charge in [-0.25, -0.2) is 0 Å². The van der Waals surface area contributed by atoms with Gasteiger partial charge in [0.15, 0.2) is 0 Å². The monoisotopic (exact) mass is 190 g/mol. The fraction of sp³-hybridized carbons (Fsp3) is 0.462. The minimum Gasteiger partial charge on any atom is -0.303 e. The molecule has 0 radical (unpaired) electrons. The van der Waals surface area contributed by atoms with Crippen LogP contribution in [0.25, 0.3) is 0 Å². The van der Waals surface area contributed by atoms with Crippen LogP contribution in [-0.4, -0.2) is 6.29 Å². The van der Waals surface area contributed by atoms with Crippen molar-refractivity contribution in [2.75, 3.05) is 0 Å². The summed E-state index contributed by atoms with van der Waals surface area (Å²) in [6, 6.07) is 6.41. The zero-order chi connectivity index (χ0) is 10.8. The van der Waals surface area contributed by atoms with Crippen LogP contribution in [0, 0.1) is 13.8 Å². The summed E-state index contributed by atoms with van der Waals surface area (Å²) in [6.45, 7) is 8.41. The van der Waals surface area contributed by atoms with Crippen molar-refractivity contribution in [1.29, 1.82) is 0 Å². The largest absolute Gasteiger partial charge is 0.303 e. The molecule has 0 N–H and O–H groups in total. The Kier molecular flexibility index (Phi) is 3.10. The van der Waals surface area contributed by atoms with E-state index in [9.17, 15) is 4.79 Å². The molecule has 0 aliphatic rings. The van der Waals surface area contributed by atoms with Gasteiger partial charge in [-0.15, -0.1) is 0 Å². The summed E-state index contributed by atoms with van der Waals surface area (Å²) in [6.07, 6.45) is 1.58. The molecule has 0 saturated carbocycles. The Hall–Kier alpha value is -1.11. The molecule has 1 nitrogen and oxygen atoms in total. The summed E-state index contributed by atoms with van der Waals surface area (Å²) in [5.41, 5.74) is 3.78. The van der Waals surface area contributed by atoms with E-state index in [1.54, 1.807) is 0 Å². The van der Waals surface area contributed by atoms with Gasteiger partial charge in [0.2, 0.25) is 0 Å². The van der Waals surface area contributed by atoms with Crippen LogP contribution in [0.1, 0.15) is 37.0 Å². The predicted octanol–water partition coefficient (Wildman–Crippen LogP) is 3.17. The molecule has 0 fully saturated rings. The van der Waals surface area contributed by atoms with Gasteiger partial charge in [-0.05, 0) is 30.4 Å². The van der Waals surface area contributed by atoms with E-state index in [-0.39, 0.29) is 5.41 Å². The summed E-state index contributed by atoms with van der Waals surface area (Å²) in [5, 5.41) is 0. The first-order valence-corrected chi connectivity index (χ1v) is 4.99. The first-order chi connectivity index (χ1) is 6.47. The third kappa shape index (κ3) is 2.22. The van der Waals surface area contributed by atoms with Crippen molar-refractivity contribution in [2.24, 2.45) is 0 Å². The fourth-order valence-corrected chi connectivity index (χ4v) is 1.89. The first kappa shape index (κ1) is 11.0. The molecular weight excluding hydrogens is 172 g/mol. The van der Waals surface area contributed by atoms with Gasteiger partial charge in [0.25, 0.3) is 0 Å². The van der Waals surface area contributed by atoms with Crippen LogP contribution in [0.3, 0.4) is 0 Å². The molecule has 76 valence electrons. The van der Waals surface area contributed by atoms with E-state index in [4.69, 9.17) is 0 Å². The highest BCUT2D eigenvalue weighted by atomic mass is 16.1. The average Bonchev–Trinajstić information content (AvgIpc) is 2.02. The third-order valence-electron chi connectivity index (χ3n) is 2.70. The lowest BCUT2D eigenvalue weighted by Crippen LogP contribution is -2.19. The van der Waals surface area contributed by atoms with E-state index >= 15 is 0 Å². The number of carbonyl (C=O) groups excluding carboxylic acids is 1. The number of hydrogen-bond acceptors (Lipinski definition) is 1. The van der Waals surface area contributed by atoms with Crippen LogP contribution in [-0.2, 0) is 10.2 Å². The van der Waals surface area contributed by atoms with Crippen LogP contribution in [0.15, 0.2) is 18.2 Å². The van der Waals surface area contributed by atoms with E-state index in [0.29, 0.717) is 6.42 Å². The molecule has 1 heteroatoms. The molecule has 1 rings (SSSR count). The highest BCUT2D eigenvalue weighted by Gasteiger charge is 2.21. The molecule has 0 aliphatic heterocycles. The molecule has 0 amide bonds. The van der Waals surface area contributed by atoms with Crippen LogP contribution >= 0.6 is 0 Å². The third-order valence-corrected chi connectivity index (χ3v) is 2.70. The predicted molar refractivity (Wildman–Crippen MR) is 59.6 cm³/mol. The topological polar surface area (TPSA) is 17.1 Å². The molecule has 0 unspecified atom stereocenters. The van der Waals surface area contributed by atoms with Crippen molar-refractivity contribution in [2.45, 2.75) is 39.5 Å². The SMILES string of the molecule is Cc1ccc(C(C)(C)CC=O)c(C)c1. The van der Waals surface area contributed by atoms with Gasteiger partial charge in [0.1, 0.15) is 6.29 Å². The number of aryl methyl sites for hydroxylation is 2. The summed E-state index contributed by atoms with van der Waals surface area (Å²) >= 11 is 0. The van der Waals surface area contributed by atoms with Crippen LogP contribution < -0.4 is 0 Å². The second-order valence-electron chi connectivity index (χ2n) is 4.57. The lowest BCUT2D eigenvalue weighted by molar-refractivity contribution is -0.108. The number of aldehydes is 1. The van der Waals surface area contributed by atoms with E-state index in [1.165, 1.54) is 16.7 Å². The number of rotatable bonds is 3. The van der Waals surface area contributed by atoms with Gasteiger partial charge >= 0.3 is 0 Å². The Morgan fingerprint density at radius 3 is 2.43 bits per heavy atom. The second kappa shape index (κ2) is 3.95. The number of benzene rings is 1. The summed E-state index contributed by atoms with van der Waals surface area (Å²) < 4.78 is 0. The number of hydrogen-bond donors (Lipinski definition) is 0. The van der Waals surface area contributed by atoms with Crippen molar-refractivity contribution < 1.29 is 4.79 Å². The quantitative estimate of drug-likeness (QED) is 0.669. The van der Waals surface area contributed by atoms with Crippen LogP contribution in [0.5, 0.6) is 0 Å². The van der Waals surface area contributed by atoms with Gasteiger partial charge in [-0.2, -0.15) is 0 Å². The highest BCUT2D eigenvalue weighted by Crippen LogP contribution is 2.29. The van der Waals surface area contributed by atoms with Crippen molar-refractivity contribution in [3.63, 3.8) is 0 Å². The Labute approximate surface area is 86.1 Å². The molecule has 0 heterocycles. The molecule has 14 heavy (non-hydrogen) atoms. The molecule has 0 spiro atoms. The summed E-state index contributed by atoms with van der Waals surface area (Å²) in [7, 11) is 0. The minimum atomic E-state index is -0.0421. The van der Waals surface area contributed by atoms with Gasteiger partial charge in [-0.1, -0.05) is 37.6 Å². The normalized spacial score (nSPS) is 11.4. The molecular formula is C13H18O. The van der Waals surface area contributed by atoms with Gasteiger partial charge in [0.05, 0.1) is 0 Å². The standard InChI is InChI=1S/C13H18O/c1-10-5-6-12(11(2)9-10)13(3,4)7-8-14/h5-6,8-9H,7H2,1-4H3. The van der Waals surface area contributed by atoms with Crippen LogP contribution in [0.2, 0.25) is 0 Å². The smallest absolute Gasteiger partial charge is 0.120 e. The Morgan fingerprint density at radius 1 is 1.29 bits per heavy atom. The van der Waals surface area contributed by atoms with Crippen molar-refractivity contribution in [3.05, 3.63) is 34.9 Å². The van der Waals surface area contributed by atoms with Gasteiger partial charge < -0.3 is 4.79 Å². The first-order valence-electron chi connectivity index (χ1n) is 4.99. The van der Waals surface area contributed by atoms with Gasteiger partial charge in [0, 0.05) is 6.42 Å². The molecule has 1 aromatic rings. The maximum atomic E-state index is 10.6.